The van der Waals surface area contributed by atoms with Gasteiger partial charge in [-0.05, 0) is 43.3 Å². The van der Waals surface area contributed by atoms with E-state index in [9.17, 15) is 21.6 Å². The summed E-state index contributed by atoms with van der Waals surface area (Å²) in [5.74, 6) is -4.13. The predicted molar refractivity (Wildman–Crippen MR) is 93.7 cm³/mol. The van der Waals surface area contributed by atoms with Crippen LogP contribution in [0.15, 0.2) is 46.8 Å². The lowest BCUT2D eigenvalue weighted by atomic mass is 10.2. The third-order valence-corrected chi connectivity index (χ3v) is 6.17. The second-order valence-corrected chi connectivity index (χ2v) is 8.45. The molecule has 10 heteroatoms. The molecule has 0 bridgehead atoms. The largest absolute Gasteiger partial charge is 0.338 e. The molecule has 0 atom stereocenters. The number of benzene rings is 1. The molecule has 0 spiro atoms. The molecular weight excluding hydrogens is 387 g/mol. The molecule has 2 N–H and O–H groups in total. The van der Waals surface area contributed by atoms with E-state index in [2.05, 4.69) is 15.0 Å². The zero-order valence-corrected chi connectivity index (χ0v) is 14.9. The number of aromatic nitrogens is 1. The molecule has 3 rings (SSSR count). The third-order valence-electron chi connectivity index (χ3n) is 3.29. The van der Waals surface area contributed by atoms with Gasteiger partial charge in [0.05, 0.1) is 17.6 Å². The highest BCUT2D eigenvalue weighted by Gasteiger charge is 2.17. The first-order valence-corrected chi connectivity index (χ1v) is 9.52. The van der Waals surface area contributed by atoms with Gasteiger partial charge in [0.15, 0.2) is 17.5 Å². The molecule has 0 radical (unpaired) electrons. The molecule has 0 saturated heterocycles. The maximum Gasteiger partial charge on any atom is 0.271 e. The second kappa shape index (κ2) is 6.96. The van der Waals surface area contributed by atoms with Crippen LogP contribution in [0.4, 0.5) is 30.4 Å². The van der Waals surface area contributed by atoms with Gasteiger partial charge in [-0.3, -0.25) is 4.72 Å². The van der Waals surface area contributed by atoms with Crippen molar-refractivity contribution in [3.05, 3.63) is 64.9 Å². The number of pyridine rings is 1. The van der Waals surface area contributed by atoms with Gasteiger partial charge in [0.1, 0.15) is 10.0 Å². The predicted octanol–water partition coefficient (Wildman–Crippen LogP) is 4.41. The number of aryl methyl sites for hydroxylation is 1. The van der Waals surface area contributed by atoms with Crippen molar-refractivity contribution in [2.24, 2.45) is 0 Å². The van der Waals surface area contributed by atoms with Gasteiger partial charge in [-0.15, -0.1) is 11.3 Å². The summed E-state index contributed by atoms with van der Waals surface area (Å²) in [4.78, 5) is 4.79. The number of anilines is 3. The summed E-state index contributed by atoms with van der Waals surface area (Å²) in [5.41, 5.74) is -0.0915. The zero-order chi connectivity index (χ0) is 18.9. The van der Waals surface area contributed by atoms with Crippen LogP contribution in [0.1, 0.15) is 4.88 Å². The third kappa shape index (κ3) is 3.81. The van der Waals surface area contributed by atoms with E-state index in [0.29, 0.717) is 0 Å². The number of rotatable bonds is 5. The monoisotopic (exact) mass is 399 g/mol. The van der Waals surface area contributed by atoms with Crippen molar-refractivity contribution in [1.82, 2.24) is 4.98 Å². The first-order chi connectivity index (χ1) is 12.3. The molecule has 3 aromatic rings. The number of nitrogens with zero attached hydrogens (tertiary/aromatic N) is 1. The molecule has 136 valence electrons. The number of nitrogens with one attached hydrogen (secondary N) is 2. The van der Waals surface area contributed by atoms with Crippen molar-refractivity contribution < 1.29 is 21.6 Å². The number of hydrogen-bond acceptors (Lipinski definition) is 5. The lowest BCUT2D eigenvalue weighted by molar-refractivity contribution is 0.449. The summed E-state index contributed by atoms with van der Waals surface area (Å²) in [6.45, 7) is 1.79. The Morgan fingerprint density at radius 2 is 1.77 bits per heavy atom. The number of thiophene rings is 1. The Morgan fingerprint density at radius 1 is 1.00 bits per heavy atom. The molecule has 0 saturated carbocycles. The summed E-state index contributed by atoms with van der Waals surface area (Å²) >= 11 is 1.13. The number of hydrogen-bond donors (Lipinski definition) is 2. The fourth-order valence-corrected chi connectivity index (χ4v) is 4.38. The van der Waals surface area contributed by atoms with Gasteiger partial charge >= 0.3 is 0 Å². The average molecular weight is 399 g/mol. The standard InChI is InChI=1S/C16H12F3N3O2S2/c1-9-2-7-14(25-9)26(23,24)22-10-3-6-13(20-8-10)21-12-5-4-11(17)15(18)16(12)19/h2-8,22H,1H3,(H,20,21). The Hall–Kier alpha value is -2.59. The maximum absolute atomic E-state index is 13.6. The summed E-state index contributed by atoms with van der Waals surface area (Å²) in [5, 5.41) is 2.50. The highest BCUT2D eigenvalue weighted by molar-refractivity contribution is 7.94. The smallest absolute Gasteiger partial charge is 0.271 e. The minimum absolute atomic E-state index is 0.129. The van der Waals surface area contributed by atoms with Crippen LogP contribution in [-0.2, 0) is 10.0 Å². The molecule has 5 nitrogen and oxygen atoms in total. The number of sulfonamides is 1. The Morgan fingerprint density at radius 3 is 2.38 bits per heavy atom. The summed E-state index contributed by atoms with van der Waals surface area (Å²) in [6, 6.07) is 7.79. The molecular formula is C16H12F3N3O2S2. The van der Waals surface area contributed by atoms with Gasteiger partial charge in [0.2, 0.25) is 0 Å². The lowest BCUT2D eigenvalue weighted by Gasteiger charge is -2.09. The molecule has 0 amide bonds. The van der Waals surface area contributed by atoms with Crippen LogP contribution in [0.2, 0.25) is 0 Å². The van der Waals surface area contributed by atoms with E-state index in [0.717, 1.165) is 28.3 Å². The normalized spacial score (nSPS) is 11.4. The van der Waals surface area contributed by atoms with E-state index >= 15 is 0 Å². The van der Waals surface area contributed by atoms with E-state index in [-0.39, 0.29) is 21.4 Å². The van der Waals surface area contributed by atoms with Gasteiger partial charge in [-0.25, -0.2) is 26.6 Å². The lowest BCUT2D eigenvalue weighted by Crippen LogP contribution is -2.11. The van der Waals surface area contributed by atoms with Crippen LogP contribution in [0.3, 0.4) is 0 Å². The molecule has 0 aliphatic carbocycles. The van der Waals surface area contributed by atoms with Gasteiger partial charge in [-0.2, -0.15) is 0 Å². The Balaban J connectivity index is 1.76. The van der Waals surface area contributed by atoms with Crippen molar-refractivity contribution in [3.63, 3.8) is 0 Å². The summed E-state index contributed by atoms with van der Waals surface area (Å²) < 4.78 is 66.8. The van der Waals surface area contributed by atoms with Crippen LogP contribution in [0.25, 0.3) is 0 Å². The Kier molecular flexibility index (Phi) is 4.88. The fraction of sp³-hybridized carbons (Fsp3) is 0.0625. The van der Waals surface area contributed by atoms with Gasteiger partial charge in [0.25, 0.3) is 10.0 Å². The summed E-state index contributed by atoms with van der Waals surface area (Å²) in [7, 11) is -3.72. The van der Waals surface area contributed by atoms with E-state index in [1.807, 2.05) is 0 Å². The molecule has 1 aromatic carbocycles. The van der Waals surface area contributed by atoms with E-state index in [4.69, 9.17) is 0 Å². The zero-order valence-electron chi connectivity index (χ0n) is 13.3. The topological polar surface area (TPSA) is 71.1 Å². The van der Waals surface area contributed by atoms with E-state index < -0.39 is 27.5 Å². The van der Waals surface area contributed by atoms with Crippen LogP contribution in [-0.4, -0.2) is 13.4 Å². The maximum atomic E-state index is 13.6. The Bertz CT molecular complexity index is 1050. The van der Waals surface area contributed by atoms with E-state index in [1.54, 1.807) is 13.0 Å². The summed E-state index contributed by atoms with van der Waals surface area (Å²) in [6.07, 6.45) is 1.22. The molecule has 0 aliphatic rings. The molecule has 2 aromatic heterocycles. The second-order valence-electron chi connectivity index (χ2n) is 5.25. The van der Waals surface area contributed by atoms with Gasteiger partial charge < -0.3 is 5.32 Å². The SMILES string of the molecule is Cc1ccc(S(=O)(=O)Nc2ccc(Nc3ccc(F)c(F)c3F)nc2)s1. The molecule has 2 heterocycles. The van der Waals surface area contributed by atoms with Crippen LogP contribution in [0, 0.1) is 24.4 Å². The molecule has 0 unspecified atom stereocenters. The highest BCUT2D eigenvalue weighted by atomic mass is 32.2. The first kappa shape index (κ1) is 18.2. The van der Waals surface area contributed by atoms with Crippen molar-refractivity contribution in [3.8, 4) is 0 Å². The molecule has 0 fully saturated rings. The minimum atomic E-state index is -3.72. The number of halogens is 3. The van der Waals surface area contributed by atoms with Crippen molar-refractivity contribution >= 4 is 38.6 Å². The van der Waals surface area contributed by atoms with Crippen molar-refractivity contribution in [2.75, 3.05) is 10.0 Å². The molecule has 0 aliphatic heterocycles. The first-order valence-electron chi connectivity index (χ1n) is 7.22. The van der Waals surface area contributed by atoms with Crippen LogP contribution in [0.5, 0.6) is 0 Å². The highest BCUT2D eigenvalue weighted by Crippen LogP contribution is 2.25. The average Bonchev–Trinajstić information content (AvgIpc) is 3.04. The quantitative estimate of drug-likeness (QED) is 0.624. The Labute approximate surface area is 151 Å². The van der Waals surface area contributed by atoms with Crippen molar-refractivity contribution in [2.45, 2.75) is 11.1 Å². The van der Waals surface area contributed by atoms with Gasteiger partial charge in [-0.1, -0.05) is 0 Å². The van der Waals surface area contributed by atoms with Crippen LogP contribution >= 0.6 is 11.3 Å². The van der Waals surface area contributed by atoms with E-state index in [1.165, 1.54) is 24.4 Å². The van der Waals surface area contributed by atoms with Crippen LogP contribution < -0.4 is 10.0 Å². The minimum Gasteiger partial charge on any atom is -0.338 e. The van der Waals surface area contributed by atoms with Gasteiger partial charge in [0, 0.05) is 4.88 Å². The fourth-order valence-electron chi connectivity index (χ4n) is 2.05. The molecule has 26 heavy (non-hydrogen) atoms. The van der Waals surface area contributed by atoms with Crippen molar-refractivity contribution in [1.29, 1.82) is 0 Å².